The van der Waals surface area contributed by atoms with Gasteiger partial charge >= 0.3 is 0 Å². The van der Waals surface area contributed by atoms with E-state index in [0.717, 1.165) is 5.92 Å². The van der Waals surface area contributed by atoms with Crippen LogP contribution in [0.4, 0.5) is 0 Å². The Bertz CT molecular complexity index is 188. The highest BCUT2D eigenvalue weighted by atomic mass is 14.1. The van der Waals surface area contributed by atoms with E-state index in [2.05, 4.69) is 58.2 Å². The lowest BCUT2D eigenvalue weighted by Crippen LogP contribution is -1.99. The van der Waals surface area contributed by atoms with Crippen molar-refractivity contribution < 1.29 is 0 Å². The summed E-state index contributed by atoms with van der Waals surface area (Å²) in [5.41, 5.74) is 0. The van der Waals surface area contributed by atoms with Crippen molar-refractivity contribution in [3.05, 3.63) is 37.5 Å². The molecule has 0 radical (unpaired) electrons. The van der Waals surface area contributed by atoms with Crippen LogP contribution in [0.1, 0.15) is 86.0 Å². The van der Waals surface area contributed by atoms with E-state index in [1.165, 1.54) is 51.4 Å². The van der Waals surface area contributed by atoms with E-state index in [4.69, 9.17) is 0 Å². The van der Waals surface area contributed by atoms with Crippen LogP contribution in [0.2, 0.25) is 0 Å². The number of hydrogen-bond donors (Lipinski definition) is 0. The number of hydrogen-bond acceptors (Lipinski definition) is 0. The fraction of sp³-hybridized carbons (Fsp3) is 0.700. The van der Waals surface area contributed by atoms with Gasteiger partial charge in [0.05, 0.1) is 0 Å². The number of unbranched alkanes of at least 4 members (excludes halogenated alkanes) is 1. The zero-order valence-corrected chi connectivity index (χ0v) is 15.0. The Balaban J connectivity index is -0.000000656. The first-order valence-electron chi connectivity index (χ1n) is 8.61. The fourth-order valence-electron chi connectivity index (χ4n) is 2.07. The first kappa shape index (κ1) is 24.3. The van der Waals surface area contributed by atoms with Gasteiger partial charge in [0.2, 0.25) is 0 Å². The summed E-state index contributed by atoms with van der Waals surface area (Å²) in [6.45, 7) is 16.7. The summed E-state index contributed by atoms with van der Waals surface area (Å²) >= 11 is 0. The molecule has 0 heterocycles. The number of allylic oxidation sites excluding steroid dienone is 4. The minimum atomic E-state index is 0.937. The third-order valence-corrected chi connectivity index (χ3v) is 3.04. The van der Waals surface area contributed by atoms with E-state index in [1.54, 1.807) is 0 Å². The molecule has 0 saturated heterocycles. The molecule has 1 unspecified atom stereocenters. The van der Waals surface area contributed by atoms with Crippen molar-refractivity contribution >= 4 is 0 Å². The van der Waals surface area contributed by atoms with Gasteiger partial charge in [-0.05, 0) is 44.9 Å². The Hall–Kier alpha value is -0.780. The summed E-state index contributed by atoms with van der Waals surface area (Å²) in [6, 6.07) is 0. The Kier molecular flexibility index (Phi) is 32.4. The van der Waals surface area contributed by atoms with Gasteiger partial charge in [-0.3, -0.25) is 0 Å². The average Bonchev–Trinajstić information content (AvgIpc) is 2.51. The normalized spacial score (nSPS) is 11.7. The van der Waals surface area contributed by atoms with Crippen LogP contribution in [-0.4, -0.2) is 0 Å². The zero-order chi connectivity index (χ0) is 16.1. The standard InChI is InChI=1S/C16H30.C2H6.C2H4/c1-4-7-9-10-12-15-16(13-6-3)14-11-8-5-2;2*1-2/h5,8-10,16H,4,6-7,11-15H2,1-3H3;1-2H3;1-2H2/b8-5+,10-9+;;. The third kappa shape index (κ3) is 22.4. The molecule has 0 rings (SSSR count). The molecule has 0 spiro atoms. The van der Waals surface area contributed by atoms with Crippen LogP contribution >= 0.6 is 0 Å². The first-order valence-corrected chi connectivity index (χ1v) is 8.61. The van der Waals surface area contributed by atoms with E-state index in [1.807, 2.05) is 13.8 Å². The van der Waals surface area contributed by atoms with E-state index in [-0.39, 0.29) is 0 Å². The second kappa shape index (κ2) is 26.7. The van der Waals surface area contributed by atoms with Gasteiger partial charge in [-0.1, -0.05) is 71.3 Å². The molecule has 0 aliphatic carbocycles. The summed E-state index contributed by atoms with van der Waals surface area (Å²) in [5.74, 6) is 0.937. The maximum Gasteiger partial charge on any atom is -0.0348 e. The third-order valence-electron chi connectivity index (χ3n) is 3.04. The maximum atomic E-state index is 3.00. The molecular formula is C20H40. The Morgan fingerprint density at radius 1 is 0.750 bits per heavy atom. The maximum absolute atomic E-state index is 3.00. The number of rotatable bonds is 10. The molecule has 0 aliphatic heterocycles. The molecule has 0 aromatic rings. The predicted molar refractivity (Wildman–Crippen MR) is 98.3 cm³/mol. The first-order chi connectivity index (χ1) is 9.85. The van der Waals surface area contributed by atoms with Crippen LogP contribution in [0, 0.1) is 5.92 Å². The molecule has 0 N–H and O–H groups in total. The minimum Gasteiger partial charge on any atom is -0.106 e. The van der Waals surface area contributed by atoms with Gasteiger partial charge in [-0.25, -0.2) is 0 Å². The topological polar surface area (TPSA) is 0 Å². The van der Waals surface area contributed by atoms with Crippen molar-refractivity contribution in [2.75, 3.05) is 0 Å². The quantitative estimate of drug-likeness (QED) is 0.359. The molecule has 0 fully saturated rings. The molecule has 0 aliphatic rings. The van der Waals surface area contributed by atoms with Crippen LogP contribution in [-0.2, 0) is 0 Å². The molecule has 0 bridgehead atoms. The zero-order valence-electron chi connectivity index (χ0n) is 15.0. The Labute approximate surface area is 130 Å². The van der Waals surface area contributed by atoms with Crippen molar-refractivity contribution in [2.24, 2.45) is 5.92 Å². The van der Waals surface area contributed by atoms with Gasteiger partial charge in [0, 0.05) is 0 Å². The molecule has 0 aromatic heterocycles. The molecular weight excluding hydrogens is 240 g/mol. The monoisotopic (exact) mass is 280 g/mol. The smallest absolute Gasteiger partial charge is 0.0348 e. The van der Waals surface area contributed by atoms with Gasteiger partial charge in [0.25, 0.3) is 0 Å². The molecule has 0 aromatic carbocycles. The van der Waals surface area contributed by atoms with Gasteiger partial charge in [0.1, 0.15) is 0 Å². The lowest BCUT2D eigenvalue weighted by atomic mass is 9.93. The van der Waals surface area contributed by atoms with Crippen LogP contribution in [0.25, 0.3) is 0 Å². The van der Waals surface area contributed by atoms with Gasteiger partial charge in [0.15, 0.2) is 0 Å². The van der Waals surface area contributed by atoms with Crippen molar-refractivity contribution in [1.82, 2.24) is 0 Å². The highest BCUT2D eigenvalue weighted by molar-refractivity contribution is 4.83. The molecule has 0 saturated carbocycles. The molecule has 20 heavy (non-hydrogen) atoms. The van der Waals surface area contributed by atoms with Gasteiger partial charge in [-0.2, -0.15) is 0 Å². The highest BCUT2D eigenvalue weighted by Gasteiger charge is 2.05. The minimum absolute atomic E-state index is 0.937. The van der Waals surface area contributed by atoms with Crippen LogP contribution < -0.4 is 0 Å². The average molecular weight is 281 g/mol. The lowest BCUT2D eigenvalue weighted by Gasteiger charge is -2.13. The highest BCUT2D eigenvalue weighted by Crippen LogP contribution is 2.20. The Morgan fingerprint density at radius 2 is 1.25 bits per heavy atom. The molecule has 1 atom stereocenters. The predicted octanol–water partition coefficient (Wildman–Crippen LogP) is 7.72. The van der Waals surface area contributed by atoms with Crippen molar-refractivity contribution in [1.29, 1.82) is 0 Å². The summed E-state index contributed by atoms with van der Waals surface area (Å²) in [7, 11) is 0. The van der Waals surface area contributed by atoms with E-state index in [0.29, 0.717) is 0 Å². The molecule has 120 valence electrons. The summed E-state index contributed by atoms with van der Waals surface area (Å²) in [6.07, 6.45) is 19.7. The van der Waals surface area contributed by atoms with Crippen molar-refractivity contribution in [3.8, 4) is 0 Å². The fourth-order valence-corrected chi connectivity index (χ4v) is 2.07. The summed E-state index contributed by atoms with van der Waals surface area (Å²) in [5, 5.41) is 0. The second-order valence-corrected chi connectivity index (χ2v) is 4.64. The van der Waals surface area contributed by atoms with Crippen LogP contribution in [0.3, 0.4) is 0 Å². The van der Waals surface area contributed by atoms with Crippen molar-refractivity contribution in [3.63, 3.8) is 0 Å². The molecule has 0 heteroatoms. The van der Waals surface area contributed by atoms with E-state index < -0.39 is 0 Å². The molecule has 0 nitrogen and oxygen atoms in total. The Morgan fingerprint density at radius 3 is 1.70 bits per heavy atom. The van der Waals surface area contributed by atoms with Crippen LogP contribution in [0.15, 0.2) is 37.5 Å². The summed E-state index contributed by atoms with van der Waals surface area (Å²) in [4.78, 5) is 0. The van der Waals surface area contributed by atoms with E-state index in [9.17, 15) is 0 Å². The van der Waals surface area contributed by atoms with E-state index >= 15 is 0 Å². The largest absolute Gasteiger partial charge is 0.106 e. The summed E-state index contributed by atoms with van der Waals surface area (Å²) < 4.78 is 0. The van der Waals surface area contributed by atoms with Crippen molar-refractivity contribution in [2.45, 2.75) is 86.0 Å². The SMILES string of the molecule is C/C=C/CCC(CCC)CC/C=C/CCC.C=C.CC. The van der Waals surface area contributed by atoms with Gasteiger partial charge < -0.3 is 0 Å². The van der Waals surface area contributed by atoms with Gasteiger partial charge in [-0.15, -0.1) is 13.2 Å². The molecule has 0 amide bonds. The van der Waals surface area contributed by atoms with Crippen LogP contribution in [0.5, 0.6) is 0 Å². The second-order valence-electron chi connectivity index (χ2n) is 4.64. The lowest BCUT2D eigenvalue weighted by molar-refractivity contribution is 0.421.